The summed E-state index contributed by atoms with van der Waals surface area (Å²) >= 11 is 0. The van der Waals surface area contributed by atoms with Crippen LogP contribution in [0.15, 0.2) is 29.3 Å². The highest BCUT2D eigenvalue weighted by atomic mass is 16.5. The van der Waals surface area contributed by atoms with E-state index in [9.17, 15) is 4.79 Å². The summed E-state index contributed by atoms with van der Waals surface area (Å²) in [6, 6.07) is 5.40. The number of anilines is 1. The highest BCUT2D eigenvalue weighted by Gasteiger charge is 2.30. The maximum atomic E-state index is 12.2. The standard InChI is InChI=1S/C17H21BN4O2/c1-18-21-16-15(20)13(8-22(2)17(16)23)12-7-11(19)5-6-14(12)24-9-10-3-4-10/h5-8,10,18,20H,3-4,9,19H2,1-2H3/b20-15?,21-16+. The van der Waals surface area contributed by atoms with Gasteiger partial charge in [0.25, 0.3) is 13.3 Å². The molecule has 24 heavy (non-hydrogen) atoms. The molecule has 1 aromatic rings. The van der Waals surface area contributed by atoms with Crippen molar-refractivity contribution in [2.24, 2.45) is 10.8 Å². The number of carbonyl (C=O) groups is 1. The van der Waals surface area contributed by atoms with E-state index >= 15 is 0 Å². The molecule has 0 saturated heterocycles. The summed E-state index contributed by atoms with van der Waals surface area (Å²) < 4.78 is 5.94. The van der Waals surface area contributed by atoms with Gasteiger partial charge < -0.3 is 20.3 Å². The van der Waals surface area contributed by atoms with Crippen molar-refractivity contribution < 1.29 is 9.53 Å². The van der Waals surface area contributed by atoms with Crippen LogP contribution in [0, 0.1) is 11.3 Å². The van der Waals surface area contributed by atoms with Gasteiger partial charge in [0, 0.05) is 30.1 Å². The summed E-state index contributed by atoms with van der Waals surface area (Å²) in [6.45, 7) is 2.51. The average Bonchev–Trinajstić information content (AvgIpc) is 3.38. The van der Waals surface area contributed by atoms with Crippen molar-refractivity contribution in [3.63, 3.8) is 0 Å². The second-order valence-corrected chi connectivity index (χ2v) is 6.17. The number of benzene rings is 1. The van der Waals surface area contributed by atoms with Gasteiger partial charge in [-0.05, 0) is 37.0 Å². The van der Waals surface area contributed by atoms with E-state index in [0.717, 1.165) is 5.56 Å². The van der Waals surface area contributed by atoms with Crippen molar-refractivity contribution in [3.05, 3.63) is 30.0 Å². The molecular weight excluding hydrogens is 303 g/mol. The Kier molecular flexibility index (Phi) is 4.42. The van der Waals surface area contributed by atoms with Gasteiger partial charge in [-0.1, -0.05) is 6.82 Å². The Hall–Kier alpha value is -2.57. The first-order valence-electron chi connectivity index (χ1n) is 8.16. The van der Waals surface area contributed by atoms with Crippen LogP contribution in [0.4, 0.5) is 5.69 Å². The summed E-state index contributed by atoms with van der Waals surface area (Å²) in [4.78, 5) is 17.9. The fraction of sp³-hybridized carbons (Fsp3) is 0.353. The smallest absolute Gasteiger partial charge is 0.276 e. The van der Waals surface area contributed by atoms with E-state index in [1.165, 1.54) is 17.7 Å². The van der Waals surface area contributed by atoms with Crippen molar-refractivity contribution >= 4 is 36.0 Å². The lowest BCUT2D eigenvalue weighted by atomic mass is 9.92. The normalized spacial score (nSPS) is 19.5. The van der Waals surface area contributed by atoms with E-state index in [1.54, 1.807) is 25.4 Å². The Bertz CT molecular complexity index is 753. The highest BCUT2D eigenvalue weighted by Crippen LogP contribution is 2.34. The number of nitrogens with zero attached hydrogens (tertiary/aromatic N) is 2. The summed E-state index contributed by atoms with van der Waals surface area (Å²) in [6.07, 6.45) is 4.05. The molecule has 0 aromatic heterocycles. The largest absolute Gasteiger partial charge is 0.493 e. The highest BCUT2D eigenvalue weighted by molar-refractivity contribution is 6.77. The first-order chi connectivity index (χ1) is 11.5. The molecular formula is C17H21BN4O2. The van der Waals surface area contributed by atoms with Crippen molar-refractivity contribution in [1.82, 2.24) is 4.90 Å². The number of carbonyl (C=O) groups excluding carboxylic acids is 1. The fourth-order valence-electron chi connectivity index (χ4n) is 2.60. The number of nitrogens with one attached hydrogen (secondary N) is 1. The van der Waals surface area contributed by atoms with E-state index in [0.29, 0.717) is 36.9 Å². The van der Waals surface area contributed by atoms with Gasteiger partial charge in [-0.25, -0.2) is 0 Å². The van der Waals surface area contributed by atoms with Gasteiger partial charge in [0.15, 0.2) is 0 Å². The summed E-state index contributed by atoms with van der Waals surface area (Å²) in [7, 11) is 2.11. The number of nitrogen functional groups attached to an aromatic ring is 1. The average molecular weight is 324 g/mol. The van der Waals surface area contributed by atoms with Crippen LogP contribution in [0.2, 0.25) is 6.82 Å². The van der Waals surface area contributed by atoms with Gasteiger partial charge in [0.2, 0.25) is 0 Å². The van der Waals surface area contributed by atoms with Crippen molar-refractivity contribution in [2.75, 3.05) is 19.4 Å². The van der Waals surface area contributed by atoms with E-state index < -0.39 is 0 Å². The zero-order valence-corrected chi connectivity index (χ0v) is 14.0. The van der Waals surface area contributed by atoms with E-state index in [1.807, 2.05) is 12.9 Å². The van der Waals surface area contributed by atoms with Gasteiger partial charge in [0.05, 0.1) is 12.3 Å². The first-order valence-corrected chi connectivity index (χ1v) is 8.16. The number of allylic oxidation sites excluding steroid dienone is 1. The molecule has 6 nitrogen and oxygen atoms in total. The molecule has 1 saturated carbocycles. The molecule has 0 bridgehead atoms. The van der Waals surface area contributed by atoms with E-state index in [-0.39, 0.29) is 17.3 Å². The molecule has 0 radical (unpaired) electrons. The molecule has 0 atom stereocenters. The number of ether oxygens (including phenoxy) is 1. The Labute approximate surface area is 142 Å². The lowest BCUT2D eigenvalue weighted by Crippen LogP contribution is -2.39. The first kappa shape index (κ1) is 16.3. The maximum Gasteiger partial charge on any atom is 0.276 e. The molecule has 3 N–H and O–H groups in total. The lowest BCUT2D eigenvalue weighted by Gasteiger charge is -2.25. The third kappa shape index (κ3) is 3.20. The topological polar surface area (TPSA) is 91.8 Å². The minimum absolute atomic E-state index is 0.113. The van der Waals surface area contributed by atoms with E-state index in [2.05, 4.69) is 4.90 Å². The second-order valence-electron chi connectivity index (χ2n) is 6.17. The number of hydrogen-bond donors (Lipinski definition) is 2. The molecule has 124 valence electrons. The van der Waals surface area contributed by atoms with Gasteiger partial charge in [-0.3, -0.25) is 10.2 Å². The molecule has 1 aromatic carbocycles. The Morgan fingerprint density at radius 2 is 2.21 bits per heavy atom. The number of amides is 1. The SMILES string of the molecule is CB/N=C1\C(=N)C(c2cc(N)ccc2OCC2CC2)=CN(C)C1=O. The number of hydrogen-bond acceptors (Lipinski definition) is 5. The molecule has 7 heteroatoms. The van der Waals surface area contributed by atoms with Crippen molar-refractivity contribution in [2.45, 2.75) is 19.7 Å². The third-order valence-electron chi connectivity index (χ3n) is 4.13. The zero-order valence-electron chi connectivity index (χ0n) is 14.0. The van der Waals surface area contributed by atoms with Crippen LogP contribution in [-0.2, 0) is 4.79 Å². The van der Waals surface area contributed by atoms with Crippen LogP contribution in [-0.4, -0.2) is 43.3 Å². The Balaban J connectivity index is 2.01. The van der Waals surface area contributed by atoms with E-state index in [4.69, 9.17) is 15.9 Å². The summed E-state index contributed by atoms with van der Waals surface area (Å²) in [5.74, 6) is 1.04. The summed E-state index contributed by atoms with van der Waals surface area (Å²) in [5, 5.41) is 8.42. The molecule has 0 spiro atoms. The quantitative estimate of drug-likeness (QED) is 0.638. The molecule has 2 aliphatic rings. The van der Waals surface area contributed by atoms with Gasteiger partial charge in [-0.2, -0.15) is 0 Å². The van der Waals surface area contributed by atoms with Crippen LogP contribution in [0.25, 0.3) is 5.57 Å². The van der Waals surface area contributed by atoms with Crippen LogP contribution in [0.3, 0.4) is 0 Å². The minimum atomic E-state index is -0.269. The molecule has 3 rings (SSSR count). The minimum Gasteiger partial charge on any atom is -0.493 e. The van der Waals surface area contributed by atoms with Crippen LogP contribution < -0.4 is 10.5 Å². The zero-order chi connectivity index (χ0) is 17.3. The molecule has 1 aliphatic heterocycles. The second kappa shape index (κ2) is 6.51. The van der Waals surface area contributed by atoms with Gasteiger partial charge in [-0.15, -0.1) is 0 Å². The lowest BCUT2D eigenvalue weighted by molar-refractivity contribution is -0.120. The van der Waals surface area contributed by atoms with Crippen molar-refractivity contribution in [1.29, 1.82) is 5.41 Å². The van der Waals surface area contributed by atoms with Gasteiger partial charge >= 0.3 is 0 Å². The number of rotatable bonds is 5. The third-order valence-corrected chi connectivity index (χ3v) is 4.13. The van der Waals surface area contributed by atoms with Crippen LogP contribution in [0.1, 0.15) is 18.4 Å². The maximum absolute atomic E-state index is 12.2. The van der Waals surface area contributed by atoms with Crippen molar-refractivity contribution in [3.8, 4) is 5.75 Å². The number of nitrogens with two attached hydrogens (primary N) is 1. The van der Waals surface area contributed by atoms with Crippen LogP contribution in [0.5, 0.6) is 5.75 Å². The van der Waals surface area contributed by atoms with Crippen LogP contribution >= 0.6 is 0 Å². The molecule has 1 heterocycles. The molecule has 1 aliphatic carbocycles. The predicted octanol–water partition coefficient (Wildman–Crippen LogP) is 1.73. The molecule has 0 unspecified atom stereocenters. The summed E-state index contributed by atoms with van der Waals surface area (Å²) in [5.41, 5.74) is 8.14. The molecule has 1 fully saturated rings. The Morgan fingerprint density at radius 3 is 2.88 bits per heavy atom. The molecule has 1 amide bonds. The fourth-order valence-corrected chi connectivity index (χ4v) is 2.60. The van der Waals surface area contributed by atoms with Gasteiger partial charge in [0.1, 0.15) is 11.5 Å². The Morgan fingerprint density at radius 1 is 1.46 bits per heavy atom. The predicted molar refractivity (Wildman–Crippen MR) is 98.0 cm³/mol. The monoisotopic (exact) mass is 324 g/mol.